The Balaban J connectivity index is 1.31. The van der Waals surface area contributed by atoms with Crippen LogP contribution in [0.25, 0.3) is 0 Å². The number of nitrogens with zero attached hydrogens (tertiary/aromatic N) is 6. The Morgan fingerprint density at radius 3 is 2.03 bits per heavy atom. The summed E-state index contributed by atoms with van der Waals surface area (Å²) in [6.07, 6.45) is 1.64. The predicted octanol–water partition coefficient (Wildman–Crippen LogP) is 1.59. The number of carbonyl (C=O) groups is 1. The van der Waals surface area contributed by atoms with Gasteiger partial charge in [-0.25, -0.2) is 14.8 Å². The maximum absolute atomic E-state index is 12.6. The van der Waals surface area contributed by atoms with Crippen LogP contribution < -0.4 is 19.9 Å². The summed E-state index contributed by atoms with van der Waals surface area (Å²) >= 11 is 0. The summed E-state index contributed by atoms with van der Waals surface area (Å²) in [6, 6.07) is 9.34. The Labute approximate surface area is 177 Å². The van der Waals surface area contributed by atoms with Crippen molar-refractivity contribution in [2.24, 2.45) is 0 Å². The monoisotopic (exact) mass is 411 g/mol. The minimum atomic E-state index is -0.0828. The molecular weight excluding hydrogens is 382 g/mol. The molecule has 0 saturated carbocycles. The highest BCUT2D eigenvalue weighted by atomic mass is 16.5. The zero-order chi connectivity index (χ0) is 20.9. The maximum Gasteiger partial charge on any atom is 0.321 e. The van der Waals surface area contributed by atoms with Crippen molar-refractivity contribution in [2.75, 3.05) is 81.6 Å². The van der Waals surface area contributed by atoms with E-state index in [1.807, 2.05) is 29.2 Å². The molecule has 9 heteroatoms. The second-order valence-electron chi connectivity index (χ2n) is 7.66. The second kappa shape index (κ2) is 9.17. The number of carbonyl (C=O) groups excluding carboxylic acids is 1. The number of amides is 2. The van der Waals surface area contributed by atoms with Crippen molar-refractivity contribution >= 4 is 23.4 Å². The van der Waals surface area contributed by atoms with E-state index < -0.39 is 0 Å². The Morgan fingerprint density at radius 1 is 0.900 bits per heavy atom. The van der Waals surface area contributed by atoms with E-state index >= 15 is 0 Å². The smallest absolute Gasteiger partial charge is 0.321 e. The number of nitrogens with one attached hydrogen (secondary N) is 1. The third kappa shape index (κ3) is 4.73. The highest BCUT2D eigenvalue weighted by Crippen LogP contribution is 2.21. The first-order valence-corrected chi connectivity index (χ1v) is 10.3. The molecule has 2 fully saturated rings. The number of hydrogen-bond acceptors (Lipinski definition) is 7. The molecule has 0 aliphatic carbocycles. The van der Waals surface area contributed by atoms with Gasteiger partial charge in [0.2, 0.25) is 0 Å². The van der Waals surface area contributed by atoms with Crippen molar-refractivity contribution in [3.05, 3.63) is 36.7 Å². The molecule has 1 N–H and O–H groups in total. The average Bonchev–Trinajstić information content (AvgIpc) is 2.80. The van der Waals surface area contributed by atoms with Crippen LogP contribution in [0, 0.1) is 0 Å². The fourth-order valence-corrected chi connectivity index (χ4v) is 3.73. The minimum absolute atomic E-state index is 0.0828. The van der Waals surface area contributed by atoms with E-state index in [9.17, 15) is 4.79 Å². The van der Waals surface area contributed by atoms with Crippen LogP contribution in [0.2, 0.25) is 0 Å². The lowest BCUT2D eigenvalue weighted by Gasteiger charge is -2.36. The molecule has 2 aliphatic heterocycles. The van der Waals surface area contributed by atoms with Crippen LogP contribution in [0.3, 0.4) is 0 Å². The number of likely N-dealkylation sites (N-methyl/N-ethyl adjacent to an activating group) is 1. The fraction of sp³-hybridized carbons (Fsp3) is 0.476. The number of urea groups is 1. The van der Waals surface area contributed by atoms with Crippen LogP contribution in [-0.2, 0) is 0 Å². The van der Waals surface area contributed by atoms with E-state index in [2.05, 4.69) is 43.1 Å². The third-order valence-electron chi connectivity index (χ3n) is 5.70. The summed E-state index contributed by atoms with van der Waals surface area (Å²) in [5, 5.41) is 2.95. The fourth-order valence-electron chi connectivity index (χ4n) is 3.73. The predicted molar refractivity (Wildman–Crippen MR) is 118 cm³/mol. The maximum atomic E-state index is 12.6. The van der Waals surface area contributed by atoms with E-state index in [-0.39, 0.29) is 6.03 Å². The molecule has 1 aromatic carbocycles. The average molecular weight is 412 g/mol. The van der Waals surface area contributed by atoms with Gasteiger partial charge in [0, 0.05) is 64.1 Å². The van der Waals surface area contributed by atoms with Gasteiger partial charge in [0.1, 0.15) is 23.7 Å². The Kier molecular flexibility index (Phi) is 6.18. The van der Waals surface area contributed by atoms with Crippen LogP contribution in [0.5, 0.6) is 5.75 Å². The number of hydrogen-bond donors (Lipinski definition) is 1. The van der Waals surface area contributed by atoms with E-state index in [4.69, 9.17) is 4.74 Å². The largest absolute Gasteiger partial charge is 0.497 e. The van der Waals surface area contributed by atoms with Crippen LogP contribution in [-0.4, -0.2) is 92.3 Å². The molecule has 1 aromatic heterocycles. The SMILES string of the molecule is COc1ccc(NC(=O)N2CCN(c3cc(N4CCN(C)CC4)ncn3)CC2)cc1. The van der Waals surface area contributed by atoms with Gasteiger partial charge >= 0.3 is 6.03 Å². The minimum Gasteiger partial charge on any atom is -0.497 e. The van der Waals surface area contributed by atoms with E-state index in [0.29, 0.717) is 13.1 Å². The Hall–Kier alpha value is -3.07. The van der Waals surface area contributed by atoms with Crippen molar-refractivity contribution in [1.82, 2.24) is 19.8 Å². The second-order valence-corrected chi connectivity index (χ2v) is 7.66. The van der Waals surface area contributed by atoms with Gasteiger partial charge in [0.05, 0.1) is 7.11 Å². The molecule has 0 atom stereocenters. The van der Waals surface area contributed by atoms with E-state index in [1.165, 1.54) is 0 Å². The molecular formula is C21H29N7O2. The Bertz CT molecular complexity index is 845. The van der Waals surface area contributed by atoms with Gasteiger partial charge in [-0.15, -0.1) is 0 Å². The first-order chi connectivity index (χ1) is 14.6. The molecule has 0 spiro atoms. The quantitative estimate of drug-likeness (QED) is 0.819. The zero-order valence-corrected chi connectivity index (χ0v) is 17.6. The van der Waals surface area contributed by atoms with Gasteiger partial charge < -0.3 is 29.7 Å². The lowest BCUT2D eigenvalue weighted by molar-refractivity contribution is 0.208. The summed E-state index contributed by atoms with van der Waals surface area (Å²) in [4.78, 5) is 30.2. The van der Waals surface area contributed by atoms with Gasteiger partial charge in [-0.1, -0.05) is 0 Å². The number of benzene rings is 1. The highest BCUT2D eigenvalue weighted by Gasteiger charge is 2.23. The lowest BCUT2D eigenvalue weighted by Crippen LogP contribution is -2.50. The summed E-state index contributed by atoms with van der Waals surface area (Å²) in [6.45, 7) is 6.83. The first kappa shape index (κ1) is 20.2. The number of rotatable bonds is 4. The van der Waals surface area contributed by atoms with Crippen LogP contribution >= 0.6 is 0 Å². The molecule has 4 rings (SSSR count). The van der Waals surface area contributed by atoms with Crippen LogP contribution in [0.15, 0.2) is 36.7 Å². The number of ether oxygens (including phenoxy) is 1. The topological polar surface area (TPSA) is 77.1 Å². The first-order valence-electron chi connectivity index (χ1n) is 10.3. The number of aromatic nitrogens is 2. The van der Waals surface area contributed by atoms with Gasteiger partial charge in [-0.2, -0.15) is 0 Å². The van der Waals surface area contributed by atoms with Gasteiger partial charge in [0.15, 0.2) is 0 Å². The molecule has 0 bridgehead atoms. The van der Waals surface area contributed by atoms with Crippen molar-refractivity contribution in [3.63, 3.8) is 0 Å². The highest BCUT2D eigenvalue weighted by molar-refractivity contribution is 5.89. The molecule has 2 aliphatic rings. The van der Waals surface area contributed by atoms with Crippen molar-refractivity contribution < 1.29 is 9.53 Å². The van der Waals surface area contributed by atoms with Gasteiger partial charge in [-0.05, 0) is 31.3 Å². The van der Waals surface area contributed by atoms with E-state index in [0.717, 1.165) is 62.3 Å². The molecule has 2 saturated heterocycles. The third-order valence-corrected chi connectivity index (χ3v) is 5.70. The van der Waals surface area contributed by atoms with Crippen molar-refractivity contribution in [3.8, 4) is 5.75 Å². The van der Waals surface area contributed by atoms with Crippen LogP contribution in [0.1, 0.15) is 0 Å². The molecule has 0 unspecified atom stereocenters. The summed E-state index contributed by atoms with van der Waals surface area (Å²) in [5.41, 5.74) is 0.760. The molecule has 3 heterocycles. The van der Waals surface area contributed by atoms with E-state index in [1.54, 1.807) is 13.4 Å². The number of anilines is 3. The van der Waals surface area contributed by atoms with Crippen LogP contribution in [0.4, 0.5) is 22.1 Å². The molecule has 160 valence electrons. The standard InChI is InChI=1S/C21H29N7O2/c1-25-7-9-26(10-8-25)19-15-20(23-16-22-19)27-11-13-28(14-12-27)21(29)24-17-3-5-18(30-2)6-4-17/h3-6,15-16H,7-14H2,1-2H3,(H,24,29). The molecule has 9 nitrogen and oxygen atoms in total. The van der Waals surface area contributed by atoms with Crippen molar-refractivity contribution in [1.29, 1.82) is 0 Å². The summed E-state index contributed by atoms with van der Waals surface area (Å²) in [7, 11) is 3.77. The summed E-state index contributed by atoms with van der Waals surface area (Å²) in [5.74, 6) is 2.67. The Morgan fingerprint density at radius 2 is 1.47 bits per heavy atom. The van der Waals surface area contributed by atoms with Gasteiger partial charge in [-0.3, -0.25) is 0 Å². The molecule has 2 amide bonds. The zero-order valence-electron chi connectivity index (χ0n) is 17.6. The van der Waals surface area contributed by atoms with Gasteiger partial charge in [0.25, 0.3) is 0 Å². The number of methoxy groups -OCH3 is 1. The molecule has 30 heavy (non-hydrogen) atoms. The molecule has 0 radical (unpaired) electrons. The summed E-state index contributed by atoms with van der Waals surface area (Å²) < 4.78 is 5.15. The number of piperazine rings is 2. The van der Waals surface area contributed by atoms with Crippen molar-refractivity contribution in [2.45, 2.75) is 0 Å². The normalized spacial score (nSPS) is 17.7. The molecule has 2 aromatic rings. The lowest BCUT2D eigenvalue weighted by atomic mass is 10.3.